The smallest absolute Gasteiger partial charge is 0.343 e. The fourth-order valence-corrected chi connectivity index (χ4v) is 4.99. The summed E-state index contributed by atoms with van der Waals surface area (Å²) < 4.78 is 11.0. The zero-order valence-corrected chi connectivity index (χ0v) is 31.8. The predicted octanol–water partition coefficient (Wildman–Crippen LogP) is 13.3. The SMILES string of the molecule is C=CC.C=CC.CCc1ccccc1.CCc1ccccc1.O=C(Oc1ccc2ccccc2c1)c1cccc(C(=O)Oc2ccc3ccccc3c2)c1. The van der Waals surface area contributed by atoms with Crippen molar-refractivity contribution >= 4 is 33.5 Å². The minimum absolute atomic E-state index is 0.270. The van der Waals surface area contributed by atoms with Crippen LogP contribution in [0, 0.1) is 0 Å². The van der Waals surface area contributed by atoms with E-state index in [0.29, 0.717) is 11.5 Å². The van der Waals surface area contributed by atoms with Crippen LogP contribution in [0.15, 0.2) is 195 Å². The van der Waals surface area contributed by atoms with E-state index in [1.807, 2.05) is 98.8 Å². The number of carbonyl (C=O) groups is 2. The van der Waals surface area contributed by atoms with Gasteiger partial charge in [-0.2, -0.15) is 0 Å². The molecule has 0 amide bonds. The second-order valence-corrected chi connectivity index (χ2v) is 11.9. The van der Waals surface area contributed by atoms with Crippen LogP contribution < -0.4 is 9.47 Å². The molecule has 7 aromatic rings. The number of rotatable bonds is 6. The second-order valence-electron chi connectivity index (χ2n) is 11.9. The molecule has 0 aliphatic heterocycles. The van der Waals surface area contributed by atoms with E-state index < -0.39 is 11.9 Å². The Balaban J connectivity index is 0.000000289. The minimum atomic E-state index is -0.541. The lowest BCUT2D eigenvalue weighted by atomic mass is 10.1. The van der Waals surface area contributed by atoms with Gasteiger partial charge >= 0.3 is 11.9 Å². The Morgan fingerprint density at radius 3 is 1.11 bits per heavy atom. The van der Waals surface area contributed by atoms with E-state index in [2.05, 4.69) is 75.5 Å². The summed E-state index contributed by atoms with van der Waals surface area (Å²) in [5.41, 5.74) is 3.36. The number of esters is 2. The molecular weight excluding hydrogens is 665 g/mol. The molecule has 7 rings (SSSR count). The van der Waals surface area contributed by atoms with Gasteiger partial charge in [-0.3, -0.25) is 0 Å². The van der Waals surface area contributed by atoms with Gasteiger partial charge in [0.2, 0.25) is 0 Å². The Kier molecular flexibility index (Phi) is 18.5. The van der Waals surface area contributed by atoms with Gasteiger partial charge < -0.3 is 9.47 Å². The predicted molar refractivity (Wildman–Crippen MR) is 228 cm³/mol. The maximum Gasteiger partial charge on any atom is 0.343 e. The third-order valence-electron chi connectivity index (χ3n) is 7.70. The maximum atomic E-state index is 12.7. The largest absolute Gasteiger partial charge is 0.423 e. The van der Waals surface area contributed by atoms with Gasteiger partial charge in [0.1, 0.15) is 11.5 Å². The van der Waals surface area contributed by atoms with E-state index in [1.165, 1.54) is 17.2 Å². The van der Waals surface area contributed by atoms with Crippen LogP contribution in [0.2, 0.25) is 0 Å². The highest BCUT2D eigenvalue weighted by Gasteiger charge is 2.14. The van der Waals surface area contributed by atoms with Crippen molar-refractivity contribution in [3.05, 3.63) is 217 Å². The lowest BCUT2D eigenvalue weighted by molar-refractivity contribution is 0.0734. The lowest BCUT2D eigenvalue weighted by Crippen LogP contribution is -2.12. The average Bonchev–Trinajstić information content (AvgIpc) is 3.22. The van der Waals surface area contributed by atoms with E-state index in [-0.39, 0.29) is 11.1 Å². The Hall–Kier alpha value is -6.52. The van der Waals surface area contributed by atoms with Crippen molar-refractivity contribution < 1.29 is 19.1 Å². The first-order valence-electron chi connectivity index (χ1n) is 18.1. The van der Waals surface area contributed by atoms with E-state index in [9.17, 15) is 9.59 Å². The highest BCUT2D eigenvalue weighted by Crippen LogP contribution is 2.23. The molecule has 0 N–H and O–H groups in total. The van der Waals surface area contributed by atoms with Gasteiger partial charge in [-0.05, 0) is 102 Å². The normalized spacial score (nSPS) is 9.56. The highest BCUT2D eigenvalue weighted by molar-refractivity contribution is 5.97. The van der Waals surface area contributed by atoms with Gasteiger partial charge in [-0.25, -0.2) is 9.59 Å². The monoisotopic (exact) mass is 714 g/mol. The molecule has 274 valence electrons. The quantitative estimate of drug-likeness (QED) is 0.0977. The van der Waals surface area contributed by atoms with Crippen molar-refractivity contribution in [3.63, 3.8) is 0 Å². The molecule has 4 heteroatoms. The Morgan fingerprint density at radius 2 is 0.778 bits per heavy atom. The van der Waals surface area contributed by atoms with Crippen molar-refractivity contribution in [1.82, 2.24) is 0 Å². The number of benzene rings is 7. The zero-order chi connectivity index (χ0) is 39.0. The van der Waals surface area contributed by atoms with Crippen LogP contribution in [0.1, 0.15) is 59.5 Å². The summed E-state index contributed by atoms with van der Waals surface area (Å²) in [6, 6.07) is 53.8. The Bertz CT molecular complexity index is 2030. The second kappa shape index (κ2) is 23.9. The minimum Gasteiger partial charge on any atom is -0.423 e. The van der Waals surface area contributed by atoms with E-state index in [4.69, 9.17) is 9.47 Å². The Morgan fingerprint density at radius 1 is 0.444 bits per heavy atom. The molecule has 0 saturated heterocycles. The number of hydrogen-bond acceptors (Lipinski definition) is 4. The van der Waals surface area contributed by atoms with E-state index in [0.717, 1.165) is 34.4 Å². The number of allylic oxidation sites excluding steroid dienone is 2. The van der Waals surface area contributed by atoms with Crippen molar-refractivity contribution in [2.24, 2.45) is 0 Å². The summed E-state index contributed by atoms with van der Waals surface area (Å²) >= 11 is 0. The maximum absolute atomic E-state index is 12.7. The van der Waals surface area contributed by atoms with Crippen molar-refractivity contribution in [2.75, 3.05) is 0 Å². The third kappa shape index (κ3) is 14.2. The molecule has 0 aliphatic carbocycles. The summed E-state index contributed by atoms with van der Waals surface area (Å²) in [4.78, 5) is 25.3. The molecule has 0 atom stereocenters. The van der Waals surface area contributed by atoms with Gasteiger partial charge in [0.15, 0.2) is 0 Å². The van der Waals surface area contributed by atoms with Gasteiger partial charge in [0.05, 0.1) is 11.1 Å². The molecule has 54 heavy (non-hydrogen) atoms. The van der Waals surface area contributed by atoms with Gasteiger partial charge in [0, 0.05) is 0 Å². The van der Waals surface area contributed by atoms with Gasteiger partial charge in [-0.1, -0.05) is 153 Å². The standard InChI is InChI=1S/C28H18O4.2C8H10.2C3H6/c29-27(31-25-14-12-19-6-1-3-8-21(19)17-25)23-10-5-11-24(16-23)28(30)32-26-15-13-20-7-2-4-9-22(20)18-26;2*1-2-8-6-4-3-5-7-8;2*1-3-2/h1-18H;2*3-7H,2H2,1H3;2*3H,1H2,2H3. The number of ether oxygens (including phenoxy) is 2. The average molecular weight is 715 g/mol. The number of hydrogen-bond donors (Lipinski definition) is 0. The summed E-state index contributed by atoms with van der Waals surface area (Å²) in [6.07, 6.45) is 5.78. The van der Waals surface area contributed by atoms with Crippen LogP contribution in [-0.2, 0) is 12.8 Å². The molecule has 0 spiro atoms. The molecule has 4 nitrogen and oxygen atoms in total. The summed E-state index contributed by atoms with van der Waals surface area (Å²) in [5, 5.41) is 4.08. The molecule has 7 aromatic carbocycles. The summed E-state index contributed by atoms with van der Waals surface area (Å²) in [7, 11) is 0. The molecule has 0 aromatic heterocycles. The van der Waals surface area contributed by atoms with Crippen LogP contribution in [0.3, 0.4) is 0 Å². The lowest BCUT2D eigenvalue weighted by Gasteiger charge is -2.08. The van der Waals surface area contributed by atoms with Crippen molar-refractivity contribution in [2.45, 2.75) is 40.5 Å². The van der Waals surface area contributed by atoms with Crippen molar-refractivity contribution in [3.8, 4) is 11.5 Å². The third-order valence-corrected chi connectivity index (χ3v) is 7.70. The topological polar surface area (TPSA) is 52.6 Å². The summed E-state index contributed by atoms with van der Waals surface area (Å²) in [6.45, 7) is 14.8. The van der Waals surface area contributed by atoms with Crippen LogP contribution >= 0.6 is 0 Å². The summed E-state index contributed by atoms with van der Waals surface area (Å²) in [5.74, 6) is -0.197. The fraction of sp³-hybridized carbons (Fsp3) is 0.120. The fourth-order valence-electron chi connectivity index (χ4n) is 4.99. The molecule has 0 bridgehead atoms. The molecule has 0 unspecified atom stereocenters. The molecule has 0 radical (unpaired) electrons. The number of carbonyl (C=O) groups excluding carboxylic acids is 2. The van der Waals surface area contributed by atoms with Crippen LogP contribution in [0.25, 0.3) is 21.5 Å². The molecular formula is C50H50O4. The molecule has 0 heterocycles. The van der Waals surface area contributed by atoms with Crippen molar-refractivity contribution in [1.29, 1.82) is 0 Å². The molecule has 0 saturated carbocycles. The number of aryl methyl sites for hydroxylation is 2. The number of fused-ring (bicyclic) bond motifs is 2. The van der Waals surface area contributed by atoms with Gasteiger partial charge in [-0.15, -0.1) is 13.2 Å². The van der Waals surface area contributed by atoms with E-state index in [1.54, 1.807) is 42.5 Å². The molecule has 0 fully saturated rings. The van der Waals surface area contributed by atoms with Crippen LogP contribution in [0.5, 0.6) is 11.5 Å². The Labute approximate surface area is 321 Å². The first-order chi connectivity index (χ1) is 26.3. The first-order valence-corrected chi connectivity index (χ1v) is 18.1. The zero-order valence-electron chi connectivity index (χ0n) is 31.8. The molecule has 0 aliphatic rings. The van der Waals surface area contributed by atoms with Crippen LogP contribution in [0.4, 0.5) is 0 Å². The highest BCUT2D eigenvalue weighted by atomic mass is 16.5. The first kappa shape index (κ1) is 41.9. The van der Waals surface area contributed by atoms with Gasteiger partial charge in [0.25, 0.3) is 0 Å². The van der Waals surface area contributed by atoms with E-state index >= 15 is 0 Å². The van der Waals surface area contributed by atoms with Crippen LogP contribution in [-0.4, -0.2) is 11.9 Å².